The number of nitrogens with zero attached hydrogens (tertiary/aromatic N) is 1. The van der Waals surface area contributed by atoms with E-state index in [1.807, 2.05) is 18.3 Å². The maximum Gasteiger partial charge on any atom is 0.139 e. The van der Waals surface area contributed by atoms with Crippen LogP contribution in [0.15, 0.2) is 18.3 Å². The third kappa shape index (κ3) is 3.68. The molecule has 1 aliphatic carbocycles. The summed E-state index contributed by atoms with van der Waals surface area (Å²) in [7, 11) is 0. The summed E-state index contributed by atoms with van der Waals surface area (Å²) in [5, 5.41) is 0. The van der Waals surface area contributed by atoms with Crippen molar-refractivity contribution < 1.29 is 4.74 Å². The van der Waals surface area contributed by atoms with Crippen molar-refractivity contribution in [3.8, 4) is 0 Å². The van der Waals surface area contributed by atoms with Gasteiger partial charge in [0.25, 0.3) is 0 Å². The summed E-state index contributed by atoms with van der Waals surface area (Å²) < 4.78 is 5.98. The zero-order valence-corrected chi connectivity index (χ0v) is 11.1. The Hall–Kier alpha value is -1.13. The van der Waals surface area contributed by atoms with Gasteiger partial charge < -0.3 is 10.2 Å². The molecule has 1 fully saturated rings. The van der Waals surface area contributed by atoms with E-state index >= 15 is 0 Å². The Balaban J connectivity index is 1.79. The Morgan fingerprint density at radius 3 is 3.00 bits per heavy atom. The van der Waals surface area contributed by atoms with Gasteiger partial charge in [0.15, 0.2) is 0 Å². The fourth-order valence-electron chi connectivity index (χ4n) is 2.57. The maximum atomic E-state index is 5.98. The molecule has 2 rings (SSSR count). The minimum absolute atomic E-state index is 0.427. The first-order valence-electron chi connectivity index (χ1n) is 6.85. The monoisotopic (exact) mass is 249 g/mol. The first kappa shape index (κ1) is 13.3. The maximum absolute atomic E-state index is 5.98. The van der Waals surface area contributed by atoms with Gasteiger partial charge in [-0.2, -0.15) is 0 Å². The topological polar surface area (TPSA) is 60.2 Å². The largest absolute Gasteiger partial charge is 0.373 e. The number of ether oxygens (including phenoxy) is 1. The highest BCUT2D eigenvalue weighted by atomic mass is 16.5. The molecular formula is C14H23N3O. The number of hydrogen-bond donors (Lipinski definition) is 2. The third-order valence-corrected chi connectivity index (χ3v) is 3.77. The Bertz CT molecular complexity index is 353. The number of anilines is 1. The third-order valence-electron chi connectivity index (χ3n) is 3.77. The molecule has 1 aliphatic rings. The number of pyridine rings is 1. The molecule has 0 amide bonds. The molecule has 0 aliphatic heterocycles. The Kier molecular flexibility index (Phi) is 4.96. The summed E-state index contributed by atoms with van der Waals surface area (Å²) in [6.45, 7) is 2.93. The van der Waals surface area contributed by atoms with Gasteiger partial charge in [-0.15, -0.1) is 0 Å². The molecule has 1 saturated carbocycles. The van der Waals surface area contributed by atoms with Gasteiger partial charge >= 0.3 is 0 Å². The predicted octanol–water partition coefficient (Wildman–Crippen LogP) is 2.85. The van der Waals surface area contributed by atoms with Gasteiger partial charge in [0.2, 0.25) is 0 Å². The van der Waals surface area contributed by atoms with Crippen LogP contribution in [-0.4, -0.2) is 11.1 Å². The molecule has 1 aromatic rings. The van der Waals surface area contributed by atoms with Gasteiger partial charge in [-0.1, -0.05) is 32.3 Å². The first-order valence-corrected chi connectivity index (χ1v) is 6.85. The number of rotatable bonds is 5. The predicted molar refractivity (Wildman–Crippen MR) is 72.9 cm³/mol. The van der Waals surface area contributed by atoms with Crippen molar-refractivity contribution in [1.82, 2.24) is 4.98 Å². The molecule has 4 nitrogen and oxygen atoms in total. The van der Waals surface area contributed by atoms with Crippen LogP contribution < -0.4 is 11.3 Å². The number of nitrogens with one attached hydrogen (secondary N) is 1. The lowest BCUT2D eigenvalue weighted by Gasteiger charge is -2.28. The molecular weight excluding hydrogens is 226 g/mol. The molecule has 100 valence electrons. The molecule has 0 spiro atoms. The van der Waals surface area contributed by atoms with E-state index in [2.05, 4.69) is 17.3 Å². The Morgan fingerprint density at radius 2 is 2.33 bits per heavy atom. The van der Waals surface area contributed by atoms with Crippen LogP contribution in [0.1, 0.15) is 44.6 Å². The van der Waals surface area contributed by atoms with Crippen LogP contribution in [0.3, 0.4) is 0 Å². The molecule has 18 heavy (non-hydrogen) atoms. The van der Waals surface area contributed by atoms with Crippen molar-refractivity contribution >= 4 is 5.82 Å². The average Bonchev–Trinajstić information content (AvgIpc) is 2.46. The van der Waals surface area contributed by atoms with Crippen molar-refractivity contribution in [3.63, 3.8) is 0 Å². The second-order valence-electron chi connectivity index (χ2n) is 5.07. The summed E-state index contributed by atoms with van der Waals surface area (Å²) in [6, 6.07) is 3.87. The fraction of sp³-hybridized carbons (Fsp3) is 0.643. The molecule has 0 radical (unpaired) electrons. The highest BCUT2D eigenvalue weighted by Gasteiger charge is 2.21. The number of hydrogen-bond acceptors (Lipinski definition) is 4. The van der Waals surface area contributed by atoms with E-state index in [1.165, 1.54) is 32.1 Å². The van der Waals surface area contributed by atoms with E-state index in [1.54, 1.807) is 0 Å². The normalized spacial score (nSPS) is 23.9. The van der Waals surface area contributed by atoms with Gasteiger partial charge in [0.05, 0.1) is 12.7 Å². The smallest absolute Gasteiger partial charge is 0.139 e. The average molecular weight is 249 g/mol. The molecule has 2 unspecified atom stereocenters. The van der Waals surface area contributed by atoms with Crippen molar-refractivity contribution in [3.05, 3.63) is 23.9 Å². The molecule has 1 heterocycles. The standard InChI is InChI=1S/C14H23N3O/c1-2-11-4-3-5-13(8-11)18-10-12-6-7-14(17-15)16-9-12/h6-7,9,11,13H,2-5,8,10,15H2,1H3,(H,16,17). The van der Waals surface area contributed by atoms with E-state index in [9.17, 15) is 0 Å². The summed E-state index contributed by atoms with van der Waals surface area (Å²) in [6.07, 6.45) is 8.61. The Morgan fingerprint density at radius 1 is 1.44 bits per heavy atom. The molecule has 3 N–H and O–H groups in total. The molecule has 1 aromatic heterocycles. The van der Waals surface area contributed by atoms with Crippen LogP contribution in [0.25, 0.3) is 0 Å². The van der Waals surface area contributed by atoms with Crippen LogP contribution >= 0.6 is 0 Å². The number of aromatic nitrogens is 1. The number of nitrogens with two attached hydrogens (primary N) is 1. The van der Waals surface area contributed by atoms with E-state index in [-0.39, 0.29) is 0 Å². The minimum atomic E-state index is 0.427. The molecule has 2 atom stereocenters. The molecule has 0 bridgehead atoms. The van der Waals surface area contributed by atoms with E-state index < -0.39 is 0 Å². The molecule has 0 saturated heterocycles. The highest BCUT2D eigenvalue weighted by molar-refractivity contribution is 5.33. The van der Waals surface area contributed by atoms with Gasteiger partial charge in [0, 0.05) is 6.20 Å². The second kappa shape index (κ2) is 6.71. The van der Waals surface area contributed by atoms with Crippen LogP contribution in [0.5, 0.6) is 0 Å². The lowest BCUT2D eigenvalue weighted by atomic mass is 9.85. The lowest BCUT2D eigenvalue weighted by Crippen LogP contribution is -2.22. The van der Waals surface area contributed by atoms with Crippen molar-refractivity contribution in [1.29, 1.82) is 0 Å². The van der Waals surface area contributed by atoms with Gasteiger partial charge in [-0.3, -0.25) is 0 Å². The van der Waals surface area contributed by atoms with E-state index in [4.69, 9.17) is 10.6 Å². The van der Waals surface area contributed by atoms with Gasteiger partial charge in [0.1, 0.15) is 5.82 Å². The quantitative estimate of drug-likeness (QED) is 0.622. The second-order valence-corrected chi connectivity index (χ2v) is 5.07. The number of hydrazine groups is 1. The summed E-state index contributed by atoms with van der Waals surface area (Å²) in [4.78, 5) is 4.18. The minimum Gasteiger partial charge on any atom is -0.373 e. The summed E-state index contributed by atoms with van der Waals surface area (Å²) in [5.74, 6) is 6.81. The highest BCUT2D eigenvalue weighted by Crippen LogP contribution is 2.28. The van der Waals surface area contributed by atoms with E-state index in [0.717, 1.165) is 11.5 Å². The van der Waals surface area contributed by atoms with Crippen LogP contribution in [0, 0.1) is 5.92 Å². The lowest BCUT2D eigenvalue weighted by molar-refractivity contribution is 0.00167. The van der Waals surface area contributed by atoms with Gasteiger partial charge in [-0.05, 0) is 30.4 Å². The van der Waals surface area contributed by atoms with E-state index in [0.29, 0.717) is 18.5 Å². The van der Waals surface area contributed by atoms with Crippen molar-refractivity contribution in [2.24, 2.45) is 11.8 Å². The summed E-state index contributed by atoms with van der Waals surface area (Å²) in [5.41, 5.74) is 3.63. The van der Waals surface area contributed by atoms with Crippen LogP contribution in [-0.2, 0) is 11.3 Å². The van der Waals surface area contributed by atoms with Gasteiger partial charge in [-0.25, -0.2) is 10.8 Å². The first-order chi connectivity index (χ1) is 8.81. The zero-order chi connectivity index (χ0) is 12.8. The Labute approximate surface area is 109 Å². The van der Waals surface area contributed by atoms with Crippen LogP contribution in [0.2, 0.25) is 0 Å². The van der Waals surface area contributed by atoms with Crippen molar-refractivity contribution in [2.75, 3.05) is 5.43 Å². The van der Waals surface area contributed by atoms with Crippen molar-refractivity contribution in [2.45, 2.75) is 51.7 Å². The van der Waals surface area contributed by atoms with Crippen LogP contribution in [0.4, 0.5) is 5.82 Å². The zero-order valence-electron chi connectivity index (χ0n) is 11.1. The molecule has 0 aromatic carbocycles. The SMILES string of the molecule is CCC1CCCC(OCc2ccc(NN)nc2)C1. The summed E-state index contributed by atoms with van der Waals surface area (Å²) >= 11 is 0. The number of nitrogen functional groups attached to an aromatic ring is 1. The molecule has 4 heteroatoms. The fourth-order valence-corrected chi connectivity index (χ4v) is 2.57.